The van der Waals surface area contributed by atoms with Gasteiger partial charge in [0.1, 0.15) is 6.42 Å². The molecule has 19 heavy (non-hydrogen) atoms. The zero-order chi connectivity index (χ0) is 14.3. The summed E-state index contributed by atoms with van der Waals surface area (Å²) in [5.74, 6) is -0.736. The quantitative estimate of drug-likeness (QED) is 0.583. The fourth-order valence-electron chi connectivity index (χ4n) is 1.79. The Bertz CT molecular complexity index is 426. The van der Waals surface area contributed by atoms with Crippen molar-refractivity contribution in [3.8, 4) is 0 Å². The van der Waals surface area contributed by atoms with Gasteiger partial charge < -0.3 is 9.64 Å². The van der Waals surface area contributed by atoms with E-state index in [-0.39, 0.29) is 12.3 Å². The molecule has 4 heteroatoms. The van der Waals surface area contributed by atoms with Gasteiger partial charge in [-0.15, -0.1) is 0 Å². The van der Waals surface area contributed by atoms with Crippen molar-refractivity contribution < 1.29 is 14.3 Å². The molecule has 1 aromatic carbocycles. The number of carbonyl (C=O) groups is 2. The topological polar surface area (TPSA) is 46.6 Å². The van der Waals surface area contributed by atoms with Gasteiger partial charge in [-0.2, -0.15) is 0 Å². The molecule has 0 N–H and O–H groups in total. The van der Waals surface area contributed by atoms with Crippen LogP contribution in [-0.2, 0) is 27.3 Å². The van der Waals surface area contributed by atoms with Crippen molar-refractivity contribution in [1.29, 1.82) is 0 Å². The Labute approximate surface area is 114 Å². The highest BCUT2D eigenvalue weighted by Gasteiger charge is 2.14. The van der Waals surface area contributed by atoms with Crippen LogP contribution in [-0.4, -0.2) is 30.9 Å². The first-order valence-corrected chi connectivity index (χ1v) is 6.45. The molecule has 0 aliphatic rings. The van der Waals surface area contributed by atoms with Gasteiger partial charge in [0, 0.05) is 13.6 Å². The van der Waals surface area contributed by atoms with E-state index in [1.165, 1.54) is 17.6 Å². The first-order valence-electron chi connectivity index (χ1n) is 6.45. The van der Waals surface area contributed by atoms with Gasteiger partial charge in [-0.25, -0.2) is 0 Å². The van der Waals surface area contributed by atoms with Crippen LogP contribution in [0, 0.1) is 0 Å². The van der Waals surface area contributed by atoms with Crippen LogP contribution in [0.15, 0.2) is 24.3 Å². The average Bonchev–Trinajstić information content (AvgIpc) is 2.41. The summed E-state index contributed by atoms with van der Waals surface area (Å²) in [5.41, 5.74) is 2.36. The summed E-state index contributed by atoms with van der Waals surface area (Å²) in [6.07, 6.45) is 1.98. The molecular formula is C15H21NO3. The predicted octanol–water partition coefficient (Wildman–Crippen LogP) is 2.16. The highest BCUT2D eigenvalue weighted by atomic mass is 16.5. The fourth-order valence-corrected chi connectivity index (χ4v) is 1.79. The molecule has 0 radical (unpaired) electrons. The molecule has 4 nitrogen and oxygen atoms in total. The predicted molar refractivity (Wildman–Crippen MR) is 73.5 cm³/mol. The molecule has 0 heterocycles. The van der Waals surface area contributed by atoms with E-state index in [2.05, 4.69) is 23.8 Å². The third kappa shape index (κ3) is 5.12. The lowest BCUT2D eigenvalue weighted by molar-refractivity contribution is -0.146. The lowest BCUT2D eigenvalue weighted by atomic mass is 10.1. The maximum atomic E-state index is 11.7. The van der Waals surface area contributed by atoms with Gasteiger partial charge in [-0.05, 0) is 17.5 Å². The average molecular weight is 263 g/mol. The lowest BCUT2D eigenvalue weighted by Gasteiger charge is -2.16. The van der Waals surface area contributed by atoms with Gasteiger partial charge >= 0.3 is 5.97 Å². The van der Waals surface area contributed by atoms with Crippen LogP contribution in [0.1, 0.15) is 30.9 Å². The first kappa shape index (κ1) is 15.2. The van der Waals surface area contributed by atoms with Gasteiger partial charge in [-0.1, -0.05) is 37.6 Å². The Morgan fingerprint density at radius 3 is 2.26 bits per heavy atom. The summed E-state index contributed by atoms with van der Waals surface area (Å²) in [4.78, 5) is 24.3. The van der Waals surface area contributed by atoms with Crippen LogP contribution >= 0.6 is 0 Å². The van der Waals surface area contributed by atoms with Gasteiger partial charge in [0.05, 0.1) is 7.11 Å². The van der Waals surface area contributed by atoms with Crippen LogP contribution in [0.5, 0.6) is 0 Å². The molecule has 0 atom stereocenters. The molecule has 0 aromatic heterocycles. The van der Waals surface area contributed by atoms with E-state index in [1.807, 2.05) is 12.1 Å². The van der Waals surface area contributed by atoms with E-state index >= 15 is 0 Å². The smallest absolute Gasteiger partial charge is 0.315 e. The highest BCUT2D eigenvalue weighted by molar-refractivity contribution is 5.94. The zero-order valence-corrected chi connectivity index (χ0v) is 11.8. The number of amides is 1. The van der Waals surface area contributed by atoms with Crippen molar-refractivity contribution in [3.63, 3.8) is 0 Å². The highest BCUT2D eigenvalue weighted by Crippen LogP contribution is 2.09. The summed E-state index contributed by atoms with van der Waals surface area (Å²) < 4.78 is 4.48. The minimum Gasteiger partial charge on any atom is -0.469 e. The number of carbonyl (C=O) groups excluding carboxylic acids is 2. The van der Waals surface area contributed by atoms with E-state index in [4.69, 9.17) is 0 Å². The first-order chi connectivity index (χ1) is 9.06. The minimum absolute atomic E-state index is 0.207. The molecule has 0 spiro atoms. The number of aryl methyl sites for hydroxylation is 1. The molecule has 1 amide bonds. The molecule has 1 rings (SSSR count). The normalized spacial score (nSPS) is 10.1. The van der Waals surface area contributed by atoms with Gasteiger partial charge in [0.15, 0.2) is 0 Å². The summed E-state index contributed by atoms with van der Waals surface area (Å²) >= 11 is 0. The number of hydrogen-bond acceptors (Lipinski definition) is 3. The molecule has 1 aromatic rings. The maximum absolute atomic E-state index is 11.7. The summed E-state index contributed by atoms with van der Waals surface area (Å²) in [7, 11) is 2.97. The van der Waals surface area contributed by atoms with E-state index in [0.717, 1.165) is 18.4 Å². The SMILES string of the molecule is CCCc1ccc(CN(C)C(=O)CC(=O)OC)cc1. The van der Waals surface area contributed by atoms with E-state index in [9.17, 15) is 9.59 Å². The summed E-state index contributed by atoms with van der Waals surface area (Å²) in [6.45, 7) is 2.65. The maximum Gasteiger partial charge on any atom is 0.315 e. The van der Waals surface area contributed by atoms with E-state index in [0.29, 0.717) is 6.54 Å². The standard InChI is InChI=1S/C15H21NO3/c1-4-5-12-6-8-13(9-7-12)11-16(2)14(17)10-15(18)19-3/h6-9H,4-5,10-11H2,1-3H3. The van der Waals surface area contributed by atoms with E-state index < -0.39 is 5.97 Å². The van der Waals surface area contributed by atoms with Crippen LogP contribution < -0.4 is 0 Å². The van der Waals surface area contributed by atoms with Crippen LogP contribution in [0.4, 0.5) is 0 Å². The molecule has 0 saturated heterocycles. The van der Waals surface area contributed by atoms with Crippen LogP contribution in [0.3, 0.4) is 0 Å². The molecular weight excluding hydrogens is 242 g/mol. The second kappa shape index (κ2) is 7.56. The lowest BCUT2D eigenvalue weighted by Crippen LogP contribution is -2.28. The van der Waals surface area contributed by atoms with Crippen molar-refractivity contribution >= 4 is 11.9 Å². The Balaban J connectivity index is 2.53. The zero-order valence-electron chi connectivity index (χ0n) is 11.8. The second-order valence-electron chi connectivity index (χ2n) is 4.57. The number of hydrogen-bond donors (Lipinski definition) is 0. The van der Waals surface area contributed by atoms with Crippen molar-refractivity contribution in [3.05, 3.63) is 35.4 Å². The largest absolute Gasteiger partial charge is 0.469 e. The number of nitrogens with zero attached hydrogens (tertiary/aromatic N) is 1. The molecule has 0 aliphatic heterocycles. The Morgan fingerprint density at radius 1 is 1.16 bits per heavy atom. The number of benzene rings is 1. The third-order valence-electron chi connectivity index (χ3n) is 2.93. The summed E-state index contributed by atoms with van der Waals surface area (Å²) in [5, 5.41) is 0. The molecule has 0 bridgehead atoms. The fraction of sp³-hybridized carbons (Fsp3) is 0.467. The van der Waals surface area contributed by atoms with Gasteiger partial charge in [-0.3, -0.25) is 9.59 Å². The summed E-state index contributed by atoms with van der Waals surface area (Å²) in [6, 6.07) is 8.20. The second-order valence-corrected chi connectivity index (χ2v) is 4.57. The number of rotatable bonds is 6. The molecule has 104 valence electrons. The van der Waals surface area contributed by atoms with Crippen molar-refractivity contribution in [2.24, 2.45) is 0 Å². The minimum atomic E-state index is -0.504. The number of esters is 1. The van der Waals surface area contributed by atoms with Gasteiger partial charge in [0.2, 0.25) is 5.91 Å². The Kier molecular flexibility index (Phi) is 6.06. The van der Waals surface area contributed by atoms with Gasteiger partial charge in [0.25, 0.3) is 0 Å². The molecule has 0 fully saturated rings. The van der Waals surface area contributed by atoms with Crippen molar-refractivity contribution in [2.45, 2.75) is 32.7 Å². The van der Waals surface area contributed by atoms with Crippen LogP contribution in [0.2, 0.25) is 0 Å². The number of ether oxygens (including phenoxy) is 1. The third-order valence-corrected chi connectivity index (χ3v) is 2.93. The van der Waals surface area contributed by atoms with E-state index in [1.54, 1.807) is 7.05 Å². The Morgan fingerprint density at radius 2 is 1.74 bits per heavy atom. The Hall–Kier alpha value is -1.84. The van der Waals surface area contributed by atoms with Crippen molar-refractivity contribution in [1.82, 2.24) is 4.90 Å². The molecule has 0 saturated carbocycles. The molecule has 0 unspecified atom stereocenters. The number of methoxy groups -OCH3 is 1. The molecule has 0 aliphatic carbocycles. The van der Waals surface area contributed by atoms with Crippen molar-refractivity contribution in [2.75, 3.05) is 14.2 Å². The monoisotopic (exact) mass is 263 g/mol. The van der Waals surface area contributed by atoms with Crippen LogP contribution in [0.25, 0.3) is 0 Å².